The second kappa shape index (κ2) is 9.77. The Bertz CT molecular complexity index is 876. The predicted molar refractivity (Wildman–Crippen MR) is 102 cm³/mol. The maximum absolute atomic E-state index is 13.0. The van der Waals surface area contributed by atoms with Crippen LogP contribution in [0.5, 0.6) is 5.75 Å². The average molecular weight is 407 g/mol. The second-order valence-electron chi connectivity index (χ2n) is 5.95. The van der Waals surface area contributed by atoms with Gasteiger partial charge in [0.05, 0.1) is 17.9 Å². The van der Waals surface area contributed by atoms with Crippen molar-refractivity contribution in [2.24, 2.45) is 0 Å². The van der Waals surface area contributed by atoms with Gasteiger partial charge in [0.25, 0.3) is 5.91 Å². The first-order valence-corrected chi connectivity index (χ1v) is 8.79. The molecule has 29 heavy (non-hydrogen) atoms. The van der Waals surface area contributed by atoms with Gasteiger partial charge >= 0.3 is 12.1 Å². The monoisotopic (exact) mass is 407 g/mol. The Balaban J connectivity index is 1.95. The highest BCUT2D eigenvalue weighted by molar-refractivity contribution is 5.97. The number of nitrogens with one attached hydrogen (secondary N) is 1. The van der Waals surface area contributed by atoms with E-state index < -0.39 is 35.4 Å². The summed E-state index contributed by atoms with van der Waals surface area (Å²) in [6.07, 6.45) is -3.29. The normalized spacial score (nSPS) is 12.4. The molecule has 5 nitrogen and oxygen atoms in total. The van der Waals surface area contributed by atoms with Crippen molar-refractivity contribution in [3.63, 3.8) is 0 Å². The molecular formula is C21H20F3NO4. The van der Waals surface area contributed by atoms with Crippen molar-refractivity contribution in [3.8, 4) is 5.75 Å². The largest absolute Gasteiger partial charge is 0.494 e. The number of carbonyl (C=O) groups excluding carboxylic acids is 2. The molecule has 1 atom stereocenters. The molecule has 0 bridgehead atoms. The minimum Gasteiger partial charge on any atom is -0.494 e. The second-order valence-corrected chi connectivity index (χ2v) is 5.95. The molecule has 0 saturated carbocycles. The van der Waals surface area contributed by atoms with Crippen molar-refractivity contribution in [1.82, 2.24) is 0 Å². The maximum Gasteiger partial charge on any atom is 0.418 e. The summed E-state index contributed by atoms with van der Waals surface area (Å²) in [6.45, 7) is 3.67. The molecule has 1 amide bonds. The van der Waals surface area contributed by atoms with Gasteiger partial charge in [0, 0.05) is 6.08 Å². The lowest BCUT2D eigenvalue weighted by atomic mass is 10.1. The molecular weight excluding hydrogens is 387 g/mol. The van der Waals surface area contributed by atoms with Crippen LogP contribution in [0.15, 0.2) is 54.6 Å². The van der Waals surface area contributed by atoms with E-state index in [0.29, 0.717) is 17.9 Å². The molecule has 2 aromatic rings. The molecule has 0 aliphatic rings. The fourth-order valence-electron chi connectivity index (χ4n) is 2.35. The van der Waals surface area contributed by atoms with Gasteiger partial charge < -0.3 is 14.8 Å². The van der Waals surface area contributed by atoms with Gasteiger partial charge in [-0.15, -0.1) is 0 Å². The van der Waals surface area contributed by atoms with E-state index in [1.807, 2.05) is 6.92 Å². The maximum atomic E-state index is 13.0. The summed E-state index contributed by atoms with van der Waals surface area (Å²) in [6, 6.07) is 11.5. The van der Waals surface area contributed by atoms with E-state index in [2.05, 4.69) is 5.32 Å². The first kappa shape index (κ1) is 22.0. The summed E-state index contributed by atoms with van der Waals surface area (Å²) in [5, 5.41) is 2.14. The molecule has 1 N–H and O–H groups in total. The van der Waals surface area contributed by atoms with E-state index in [0.717, 1.165) is 18.2 Å². The molecule has 154 valence electrons. The minimum absolute atomic E-state index is 0.405. The third-order valence-electron chi connectivity index (χ3n) is 3.76. The Morgan fingerprint density at radius 2 is 1.76 bits per heavy atom. The lowest BCUT2D eigenvalue weighted by molar-refractivity contribution is -0.148. The van der Waals surface area contributed by atoms with Crippen molar-refractivity contribution in [1.29, 1.82) is 0 Å². The molecule has 0 aromatic heterocycles. The summed E-state index contributed by atoms with van der Waals surface area (Å²) in [5.41, 5.74) is -0.679. The molecule has 0 fully saturated rings. The third-order valence-corrected chi connectivity index (χ3v) is 3.76. The van der Waals surface area contributed by atoms with Gasteiger partial charge in [-0.3, -0.25) is 4.79 Å². The lowest BCUT2D eigenvalue weighted by Crippen LogP contribution is -2.30. The summed E-state index contributed by atoms with van der Waals surface area (Å²) < 4.78 is 49.2. The number of rotatable bonds is 7. The Morgan fingerprint density at radius 1 is 1.10 bits per heavy atom. The number of amides is 1. The zero-order chi connectivity index (χ0) is 21.4. The molecule has 0 spiro atoms. The zero-order valence-corrected chi connectivity index (χ0v) is 15.8. The number of para-hydroxylation sites is 1. The third kappa shape index (κ3) is 6.67. The van der Waals surface area contributed by atoms with Gasteiger partial charge in [-0.2, -0.15) is 13.2 Å². The molecule has 0 unspecified atom stereocenters. The van der Waals surface area contributed by atoms with E-state index in [4.69, 9.17) is 9.47 Å². The molecule has 0 saturated heterocycles. The molecule has 2 rings (SSSR count). The molecule has 0 radical (unpaired) electrons. The van der Waals surface area contributed by atoms with Crippen molar-refractivity contribution < 1.29 is 32.2 Å². The quantitative estimate of drug-likeness (QED) is 0.534. The van der Waals surface area contributed by atoms with Gasteiger partial charge in [0.1, 0.15) is 5.75 Å². The number of hydrogen-bond acceptors (Lipinski definition) is 4. The minimum atomic E-state index is -4.62. The van der Waals surface area contributed by atoms with Crippen LogP contribution in [0.2, 0.25) is 0 Å². The van der Waals surface area contributed by atoms with Crippen molar-refractivity contribution in [2.75, 3.05) is 11.9 Å². The number of halogens is 3. The van der Waals surface area contributed by atoms with E-state index in [-0.39, 0.29) is 0 Å². The molecule has 8 heteroatoms. The van der Waals surface area contributed by atoms with E-state index >= 15 is 0 Å². The van der Waals surface area contributed by atoms with Gasteiger partial charge in [-0.25, -0.2) is 4.79 Å². The van der Waals surface area contributed by atoms with Gasteiger partial charge in [0.15, 0.2) is 6.10 Å². The Morgan fingerprint density at radius 3 is 2.38 bits per heavy atom. The van der Waals surface area contributed by atoms with Crippen molar-refractivity contribution in [3.05, 3.63) is 65.7 Å². The highest BCUT2D eigenvalue weighted by Gasteiger charge is 2.34. The van der Waals surface area contributed by atoms with Crippen LogP contribution in [0.25, 0.3) is 6.08 Å². The number of anilines is 1. The molecule has 0 aliphatic heterocycles. The van der Waals surface area contributed by atoms with Crippen molar-refractivity contribution >= 4 is 23.6 Å². The summed E-state index contributed by atoms with van der Waals surface area (Å²) in [5.74, 6) is -0.980. The smallest absolute Gasteiger partial charge is 0.418 e. The van der Waals surface area contributed by atoms with Crippen LogP contribution in [0.1, 0.15) is 25.0 Å². The number of benzene rings is 2. The Kier molecular flexibility index (Phi) is 7.41. The SMILES string of the molecule is CCOc1ccc(/C=C/C(=O)O[C@H](C)C(=O)Nc2ccccc2C(F)(F)F)cc1. The van der Waals surface area contributed by atoms with E-state index in [1.54, 1.807) is 24.3 Å². The van der Waals surface area contributed by atoms with Crippen LogP contribution in [0.4, 0.5) is 18.9 Å². The zero-order valence-electron chi connectivity index (χ0n) is 15.8. The number of esters is 1. The Hall–Kier alpha value is -3.29. The molecule has 0 aliphatic carbocycles. The first-order valence-electron chi connectivity index (χ1n) is 8.79. The fraction of sp³-hybridized carbons (Fsp3) is 0.238. The highest BCUT2D eigenvalue weighted by atomic mass is 19.4. The first-order chi connectivity index (χ1) is 13.7. The predicted octanol–water partition coefficient (Wildman–Crippen LogP) is 4.69. The Labute approximate surface area is 166 Å². The van der Waals surface area contributed by atoms with Crippen LogP contribution in [0.3, 0.4) is 0 Å². The number of carbonyl (C=O) groups is 2. The van der Waals surface area contributed by atoms with Crippen LogP contribution >= 0.6 is 0 Å². The molecule has 0 heterocycles. The number of alkyl halides is 3. The van der Waals surface area contributed by atoms with E-state index in [9.17, 15) is 22.8 Å². The van der Waals surface area contributed by atoms with Gasteiger partial charge in [0.2, 0.25) is 0 Å². The summed E-state index contributed by atoms with van der Waals surface area (Å²) in [4.78, 5) is 24.0. The fourth-order valence-corrected chi connectivity index (χ4v) is 2.35. The highest BCUT2D eigenvalue weighted by Crippen LogP contribution is 2.34. The van der Waals surface area contributed by atoms with Crippen LogP contribution in [0, 0.1) is 0 Å². The summed E-state index contributed by atoms with van der Waals surface area (Å²) >= 11 is 0. The number of hydrogen-bond donors (Lipinski definition) is 1. The number of ether oxygens (including phenoxy) is 2. The lowest BCUT2D eigenvalue weighted by Gasteiger charge is -2.16. The standard InChI is InChI=1S/C21H20F3NO4/c1-3-28-16-11-8-15(9-12-16)10-13-19(26)29-14(2)20(27)25-18-7-5-4-6-17(18)21(22,23)24/h4-14H,3H2,1-2H3,(H,25,27)/b13-10+/t14-/m1/s1. The average Bonchev–Trinajstić information content (AvgIpc) is 2.67. The topological polar surface area (TPSA) is 64.6 Å². The van der Waals surface area contributed by atoms with Crippen LogP contribution in [-0.2, 0) is 20.5 Å². The van der Waals surface area contributed by atoms with E-state index in [1.165, 1.54) is 25.1 Å². The molecule has 2 aromatic carbocycles. The summed E-state index contributed by atoms with van der Waals surface area (Å²) in [7, 11) is 0. The van der Waals surface area contributed by atoms with Gasteiger partial charge in [-0.1, -0.05) is 24.3 Å². The van der Waals surface area contributed by atoms with Crippen LogP contribution in [-0.4, -0.2) is 24.6 Å². The van der Waals surface area contributed by atoms with Gasteiger partial charge in [-0.05, 0) is 49.8 Å². The van der Waals surface area contributed by atoms with Crippen LogP contribution < -0.4 is 10.1 Å². The van der Waals surface area contributed by atoms with Crippen molar-refractivity contribution in [2.45, 2.75) is 26.1 Å².